The van der Waals surface area contributed by atoms with Gasteiger partial charge in [-0.05, 0) is 36.8 Å². The summed E-state index contributed by atoms with van der Waals surface area (Å²) < 4.78 is 11.1. The fraction of sp³-hybridized carbons (Fsp3) is 0.105. The standard InChI is InChI=1S/C19H16N2O5/c1-13-7-8-14(21(23)24)11-17(13)20-19(22)18-10-9-16(26-18)12-25-15-5-3-2-4-6-15/h2-11H,12H2,1H3,(H,20,22). The molecule has 3 rings (SSSR count). The number of hydrogen-bond donors (Lipinski definition) is 1. The summed E-state index contributed by atoms with van der Waals surface area (Å²) in [5.41, 5.74) is 0.980. The van der Waals surface area contributed by atoms with E-state index < -0.39 is 10.8 Å². The van der Waals surface area contributed by atoms with E-state index in [9.17, 15) is 14.9 Å². The fourth-order valence-electron chi connectivity index (χ4n) is 2.29. The Kier molecular flexibility index (Phi) is 4.98. The summed E-state index contributed by atoms with van der Waals surface area (Å²) in [6.45, 7) is 1.94. The van der Waals surface area contributed by atoms with Gasteiger partial charge in [-0.1, -0.05) is 24.3 Å². The van der Waals surface area contributed by atoms with Gasteiger partial charge in [-0.25, -0.2) is 0 Å². The Morgan fingerprint density at radius 2 is 1.92 bits per heavy atom. The average molecular weight is 352 g/mol. The van der Waals surface area contributed by atoms with Crippen LogP contribution in [0.4, 0.5) is 11.4 Å². The van der Waals surface area contributed by atoms with Gasteiger partial charge in [0.05, 0.1) is 10.6 Å². The van der Waals surface area contributed by atoms with Crippen LogP contribution in [0.15, 0.2) is 65.1 Å². The highest BCUT2D eigenvalue weighted by atomic mass is 16.6. The van der Waals surface area contributed by atoms with Crippen LogP contribution < -0.4 is 10.1 Å². The van der Waals surface area contributed by atoms with Gasteiger partial charge in [-0.15, -0.1) is 0 Å². The predicted molar refractivity (Wildman–Crippen MR) is 95.3 cm³/mol. The van der Waals surface area contributed by atoms with Crippen molar-refractivity contribution >= 4 is 17.3 Å². The Bertz CT molecular complexity index is 934. The highest BCUT2D eigenvalue weighted by molar-refractivity contribution is 6.02. The molecular formula is C19H16N2O5. The Balaban J connectivity index is 1.67. The second-order valence-corrected chi connectivity index (χ2v) is 5.58. The number of carbonyl (C=O) groups is 1. The SMILES string of the molecule is Cc1ccc([N+](=O)[O-])cc1NC(=O)c1ccc(COc2ccccc2)o1. The normalized spacial score (nSPS) is 10.3. The van der Waals surface area contributed by atoms with Gasteiger partial charge in [0.25, 0.3) is 11.6 Å². The number of carbonyl (C=O) groups excluding carboxylic acids is 1. The quantitative estimate of drug-likeness (QED) is 0.526. The maximum Gasteiger partial charge on any atom is 0.291 e. The van der Waals surface area contributed by atoms with Crippen LogP contribution in [0, 0.1) is 17.0 Å². The molecule has 1 N–H and O–H groups in total. The number of para-hydroxylation sites is 1. The molecule has 1 aromatic heterocycles. The van der Waals surface area contributed by atoms with Crippen LogP contribution in [0.25, 0.3) is 0 Å². The summed E-state index contributed by atoms with van der Waals surface area (Å²) >= 11 is 0. The maximum atomic E-state index is 12.3. The molecule has 0 aliphatic heterocycles. The molecule has 0 radical (unpaired) electrons. The molecule has 0 bridgehead atoms. The predicted octanol–water partition coefficient (Wildman–Crippen LogP) is 4.33. The molecule has 7 nitrogen and oxygen atoms in total. The molecule has 0 fully saturated rings. The fourth-order valence-corrected chi connectivity index (χ4v) is 2.29. The van der Waals surface area contributed by atoms with E-state index in [1.807, 2.05) is 30.3 Å². The molecule has 0 unspecified atom stereocenters. The van der Waals surface area contributed by atoms with Crippen molar-refractivity contribution in [2.75, 3.05) is 5.32 Å². The van der Waals surface area contributed by atoms with Crippen LogP contribution in [0.1, 0.15) is 21.9 Å². The highest BCUT2D eigenvalue weighted by Crippen LogP contribution is 2.23. The smallest absolute Gasteiger partial charge is 0.291 e. The molecule has 132 valence electrons. The molecule has 26 heavy (non-hydrogen) atoms. The van der Waals surface area contributed by atoms with Crippen LogP contribution in [0.2, 0.25) is 0 Å². The van der Waals surface area contributed by atoms with Crippen LogP contribution in [-0.4, -0.2) is 10.8 Å². The van der Waals surface area contributed by atoms with Gasteiger partial charge in [0.1, 0.15) is 18.1 Å². The number of nitro groups is 1. The Hall–Kier alpha value is -3.61. The third kappa shape index (κ3) is 4.07. The molecule has 1 heterocycles. The summed E-state index contributed by atoms with van der Waals surface area (Å²) in [6.07, 6.45) is 0. The van der Waals surface area contributed by atoms with Crippen LogP contribution in [-0.2, 0) is 6.61 Å². The van der Waals surface area contributed by atoms with Gasteiger partial charge >= 0.3 is 0 Å². The van der Waals surface area contributed by atoms with E-state index in [0.717, 1.165) is 0 Å². The minimum Gasteiger partial charge on any atom is -0.486 e. The number of nitrogens with one attached hydrogen (secondary N) is 1. The van der Waals surface area contributed by atoms with E-state index in [-0.39, 0.29) is 18.1 Å². The van der Waals surface area contributed by atoms with Crippen LogP contribution >= 0.6 is 0 Å². The zero-order chi connectivity index (χ0) is 18.5. The first kappa shape index (κ1) is 17.2. The number of ether oxygens (including phenoxy) is 1. The summed E-state index contributed by atoms with van der Waals surface area (Å²) in [5.74, 6) is 0.805. The summed E-state index contributed by atoms with van der Waals surface area (Å²) in [4.78, 5) is 22.7. The number of hydrogen-bond acceptors (Lipinski definition) is 5. The average Bonchev–Trinajstić information content (AvgIpc) is 3.11. The molecule has 0 aliphatic carbocycles. The van der Waals surface area contributed by atoms with Gasteiger partial charge in [0, 0.05) is 12.1 Å². The largest absolute Gasteiger partial charge is 0.486 e. The minimum atomic E-state index is -0.513. The van der Waals surface area contributed by atoms with E-state index >= 15 is 0 Å². The van der Waals surface area contributed by atoms with Crippen molar-refractivity contribution in [2.24, 2.45) is 0 Å². The Morgan fingerprint density at radius 3 is 2.65 bits per heavy atom. The minimum absolute atomic E-state index is 0.0951. The number of non-ortho nitro benzene ring substituents is 1. The first-order chi connectivity index (χ1) is 12.5. The number of benzene rings is 2. The monoisotopic (exact) mass is 352 g/mol. The third-order valence-electron chi connectivity index (χ3n) is 3.69. The number of rotatable bonds is 6. The lowest BCUT2D eigenvalue weighted by Gasteiger charge is -2.07. The van der Waals surface area contributed by atoms with Crippen molar-refractivity contribution < 1.29 is 18.9 Å². The number of anilines is 1. The second-order valence-electron chi connectivity index (χ2n) is 5.58. The maximum absolute atomic E-state index is 12.3. The number of nitro benzene ring substituents is 1. The Morgan fingerprint density at radius 1 is 1.15 bits per heavy atom. The summed E-state index contributed by atoms with van der Waals surface area (Å²) in [7, 11) is 0. The molecule has 3 aromatic rings. The van der Waals surface area contributed by atoms with E-state index in [4.69, 9.17) is 9.15 Å². The van der Waals surface area contributed by atoms with E-state index in [1.54, 1.807) is 19.1 Å². The van der Waals surface area contributed by atoms with Gasteiger partial charge in [0.2, 0.25) is 0 Å². The second kappa shape index (κ2) is 7.52. The van der Waals surface area contributed by atoms with Crippen molar-refractivity contribution in [3.63, 3.8) is 0 Å². The lowest BCUT2D eigenvalue weighted by molar-refractivity contribution is -0.384. The molecule has 0 spiro atoms. The van der Waals surface area contributed by atoms with Crippen LogP contribution in [0.3, 0.4) is 0 Å². The first-order valence-electron chi connectivity index (χ1n) is 7.86. The van der Waals surface area contributed by atoms with Crippen molar-refractivity contribution in [1.29, 1.82) is 0 Å². The van der Waals surface area contributed by atoms with Crippen molar-refractivity contribution in [3.8, 4) is 5.75 Å². The summed E-state index contributed by atoms with van der Waals surface area (Å²) in [6, 6.07) is 16.7. The van der Waals surface area contributed by atoms with E-state index in [2.05, 4.69) is 5.32 Å². The zero-order valence-electron chi connectivity index (χ0n) is 14.0. The number of furan rings is 1. The lowest BCUT2D eigenvalue weighted by atomic mass is 10.2. The Labute approximate surface area is 149 Å². The highest BCUT2D eigenvalue weighted by Gasteiger charge is 2.15. The molecule has 1 amide bonds. The molecule has 0 atom stereocenters. The number of nitrogens with zero attached hydrogens (tertiary/aromatic N) is 1. The molecule has 7 heteroatoms. The zero-order valence-corrected chi connectivity index (χ0v) is 14.0. The van der Waals surface area contributed by atoms with Crippen LogP contribution in [0.5, 0.6) is 5.75 Å². The van der Waals surface area contributed by atoms with Crippen molar-refractivity contribution in [2.45, 2.75) is 13.5 Å². The van der Waals surface area contributed by atoms with Gasteiger partial charge < -0.3 is 14.5 Å². The number of aryl methyl sites for hydroxylation is 1. The molecule has 0 saturated carbocycles. The molecule has 2 aromatic carbocycles. The van der Waals surface area contributed by atoms with Gasteiger partial charge in [-0.3, -0.25) is 14.9 Å². The molecule has 0 aliphatic rings. The molecule has 0 saturated heterocycles. The summed E-state index contributed by atoms with van der Waals surface area (Å²) in [5, 5.41) is 13.5. The first-order valence-corrected chi connectivity index (χ1v) is 7.86. The third-order valence-corrected chi connectivity index (χ3v) is 3.69. The van der Waals surface area contributed by atoms with E-state index in [0.29, 0.717) is 22.8 Å². The van der Waals surface area contributed by atoms with Crippen molar-refractivity contribution in [1.82, 2.24) is 0 Å². The van der Waals surface area contributed by atoms with Gasteiger partial charge in [0.15, 0.2) is 5.76 Å². The van der Waals surface area contributed by atoms with E-state index in [1.165, 1.54) is 18.2 Å². The topological polar surface area (TPSA) is 94.6 Å². The van der Waals surface area contributed by atoms with Crippen molar-refractivity contribution in [3.05, 3.63) is 87.9 Å². The van der Waals surface area contributed by atoms with Gasteiger partial charge in [-0.2, -0.15) is 0 Å². The molecular weight excluding hydrogens is 336 g/mol. The number of amides is 1. The lowest BCUT2D eigenvalue weighted by Crippen LogP contribution is -2.12.